The molecule has 0 aliphatic heterocycles. The largest absolute Gasteiger partial charge is 0.326 e. The van der Waals surface area contributed by atoms with Crippen LogP contribution < -0.4 is 5.32 Å². The Balaban J connectivity index is 1.37. The summed E-state index contributed by atoms with van der Waals surface area (Å²) in [5, 5.41) is 16.8. The molecule has 0 spiro atoms. The van der Waals surface area contributed by atoms with Crippen LogP contribution in [0.5, 0.6) is 0 Å². The Hall–Kier alpha value is -1.95. The zero-order valence-electron chi connectivity index (χ0n) is 15.5. The molecule has 4 saturated carbocycles. The van der Waals surface area contributed by atoms with E-state index in [4.69, 9.17) is 11.6 Å². The molecule has 0 saturated heterocycles. The summed E-state index contributed by atoms with van der Waals surface area (Å²) in [7, 11) is 0. The van der Waals surface area contributed by atoms with E-state index >= 15 is 0 Å². The lowest BCUT2D eigenvalue weighted by Crippen LogP contribution is -2.57. The quantitative estimate of drug-likeness (QED) is 0.864. The Kier molecular flexibility index (Phi) is 3.83. The zero-order valence-corrected chi connectivity index (χ0v) is 16.2. The molecule has 0 unspecified atom stereocenters. The summed E-state index contributed by atoms with van der Waals surface area (Å²) < 4.78 is 0. The highest BCUT2D eigenvalue weighted by Gasteiger charge is 2.59. The van der Waals surface area contributed by atoms with Crippen LogP contribution in [0, 0.1) is 24.2 Å². The highest BCUT2D eigenvalue weighted by molar-refractivity contribution is 6.30. The van der Waals surface area contributed by atoms with E-state index in [-0.39, 0.29) is 16.9 Å². The Morgan fingerprint density at radius 3 is 2.56 bits per heavy atom. The van der Waals surface area contributed by atoms with E-state index in [2.05, 4.69) is 20.7 Å². The first-order chi connectivity index (χ1) is 12.9. The number of nitrogens with one attached hydrogen (secondary N) is 1. The lowest BCUT2D eigenvalue weighted by molar-refractivity contribution is -0.135. The average molecular weight is 386 g/mol. The molecule has 1 aromatic carbocycles. The molecule has 4 aliphatic rings. The summed E-state index contributed by atoms with van der Waals surface area (Å²) in [5.41, 5.74) is 0.811. The zero-order chi connectivity index (χ0) is 18.6. The van der Waals surface area contributed by atoms with E-state index in [9.17, 15) is 4.79 Å². The smallest absolute Gasteiger partial charge is 0.224 e. The molecule has 4 bridgehead atoms. The number of rotatable bonds is 4. The number of carbonyl (C=O) groups is 1. The van der Waals surface area contributed by atoms with Gasteiger partial charge in [-0.05, 0) is 92.2 Å². The average Bonchev–Trinajstić information content (AvgIpc) is 3.02. The van der Waals surface area contributed by atoms with Crippen molar-refractivity contribution in [3.8, 4) is 0 Å². The summed E-state index contributed by atoms with van der Waals surface area (Å²) in [6.45, 7) is 1.89. The van der Waals surface area contributed by atoms with Crippen molar-refractivity contribution in [2.75, 3.05) is 5.32 Å². The number of nitrogens with zero attached hydrogens (tertiary/aromatic N) is 4. The van der Waals surface area contributed by atoms with Gasteiger partial charge in [-0.1, -0.05) is 11.6 Å². The van der Waals surface area contributed by atoms with Gasteiger partial charge in [0.2, 0.25) is 5.91 Å². The molecule has 1 heterocycles. The van der Waals surface area contributed by atoms with Crippen LogP contribution in [0.15, 0.2) is 24.3 Å². The summed E-state index contributed by atoms with van der Waals surface area (Å²) in [5.74, 6) is 2.15. The van der Waals surface area contributed by atoms with Crippen molar-refractivity contribution >= 4 is 23.2 Å². The van der Waals surface area contributed by atoms with Crippen molar-refractivity contribution in [3.05, 3.63) is 35.1 Å². The minimum Gasteiger partial charge on any atom is -0.326 e. The molecule has 4 fully saturated rings. The van der Waals surface area contributed by atoms with Gasteiger partial charge in [-0.2, -0.15) is 4.80 Å². The second-order valence-corrected chi connectivity index (χ2v) is 9.48. The number of hydrogen-bond acceptors (Lipinski definition) is 4. The standard InChI is InChI=1S/C20H24ClN5O/c1-13-23-25-26(24-13)20-9-14-6-15(10-20)8-19(7-14,12-20)11-18(27)22-17-4-2-16(21)3-5-17/h2-5,14-15H,6-12H2,1H3,(H,22,27)/t14-,15-,19?,20?/m0/s1. The molecule has 6 rings (SSSR count). The molecule has 27 heavy (non-hydrogen) atoms. The summed E-state index contributed by atoms with van der Waals surface area (Å²) in [6.07, 6.45) is 7.38. The van der Waals surface area contributed by atoms with Crippen LogP contribution in [0.2, 0.25) is 5.02 Å². The fourth-order valence-electron chi connectivity index (χ4n) is 6.41. The monoisotopic (exact) mass is 385 g/mol. The molecule has 2 aromatic rings. The Morgan fingerprint density at radius 2 is 1.93 bits per heavy atom. The number of carbonyl (C=O) groups excluding carboxylic acids is 1. The van der Waals surface area contributed by atoms with Crippen LogP contribution in [0.3, 0.4) is 0 Å². The number of amides is 1. The lowest BCUT2D eigenvalue weighted by Gasteiger charge is -2.61. The number of halogens is 1. The summed E-state index contributed by atoms with van der Waals surface area (Å²) in [6, 6.07) is 7.30. The Labute approximate surface area is 163 Å². The van der Waals surface area contributed by atoms with Crippen molar-refractivity contribution in [2.45, 2.75) is 57.4 Å². The molecule has 1 amide bonds. The maximum Gasteiger partial charge on any atom is 0.224 e. The molecule has 7 heteroatoms. The maximum absolute atomic E-state index is 12.8. The van der Waals surface area contributed by atoms with Gasteiger partial charge in [-0.25, -0.2) is 0 Å². The lowest BCUT2D eigenvalue weighted by atomic mass is 9.46. The van der Waals surface area contributed by atoms with Gasteiger partial charge in [-0.3, -0.25) is 4.79 Å². The molecule has 6 nitrogen and oxygen atoms in total. The topological polar surface area (TPSA) is 72.7 Å². The first kappa shape index (κ1) is 17.2. The van der Waals surface area contributed by atoms with Gasteiger partial charge in [0, 0.05) is 17.1 Å². The third-order valence-electron chi connectivity index (χ3n) is 6.75. The molecule has 1 aromatic heterocycles. The molecule has 0 radical (unpaired) electrons. The van der Waals surface area contributed by atoms with E-state index in [1.807, 2.05) is 23.9 Å². The van der Waals surface area contributed by atoms with Gasteiger partial charge in [0.1, 0.15) is 0 Å². The summed E-state index contributed by atoms with van der Waals surface area (Å²) >= 11 is 5.94. The first-order valence-corrected chi connectivity index (χ1v) is 10.1. The highest BCUT2D eigenvalue weighted by Crippen LogP contribution is 2.65. The second kappa shape index (κ2) is 6.03. The first-order valence-electron chi connectivity index (χ1n) is 9.76. The number of hydrogen-bond donors (Lipinski definition) is 1. The van der Waals surface area contributed by atoms with E-state index in [1.54, 1.807) is 12.1 Å². The summed E-state index contributed by atoms with van der Waals surface area (Å²) in [4.78, 5) is 14.7. The van der Waals surface area contributed by atoms with E-state index < -0.39 is 0 Å². The number of anilines is 1. The van der Waals surface area contributed by atoms with Gasteiger partial charge < -0.3 is 5.32 Å². The third-order valence-corrected chi connectivity index (χ3v) is 7.00. The Morgan fingerprint density at radius 1 is 1.22 bits per heavy atom. The fourth-order valence-corrected chi connectivity index (χ4v) is 6.53. The van der Waals surface area contributed by atoms with E-state index in [0.29, 0.717) is 23.3 Å². The number of benzene rings is 1. The van der Waals surface area contributed by atoms with Gasteiger partial charge in [0.05, 0.1) is 5.54 Å². The van der Waals surface area contributed by atoms with Crippen molar-refractivity contribution in [1.82, 2.24) is 20.2 Å². The molecule has 1 N–H and O–H groups in total. The molecular formula is C20H24ClN5O. The van der Waals surface area contributed by atoms with Crippen LogP contribution in [-0.2, 0) is 10.3 Å². The predicted octanol–water partition coefficient (Wildman–Crippen LogP) is 3.96. The van der Waals surface area contributed by atoms with Crippen molar-refractivity contribution in [3.63, 3.8) is 0 Å². The maximum atomic E-state index is 12.8. The third kappa shape index (κ3) is 3.04. The number of aromatic nitrogens is 4. The second-order valence-electron chi connectivity index (χ2n) is 9.04. The van der Waals surface area contributed by atoms with Crippen molar-refractivity contribution in [1.29, 1.82) is 0 Å². The minimum atomic E-state index is -0.0497. The van der Waals surface area contributed by atoms with E-state index in [1.165, 1.54) is 6.42 Å². The van der Waals surface area contributed by atoms with Gasteiger partial charge >= 0.3 is 0 Å². The normalized spacial score (nSPS) is 34.0. The van der Waals surface area contributed by atoms with Crippen LogP contribution in [0.25, 0.3) is 0 Å². The Bertz CT molecular complexity index is 863. The molecule has 2 atom stereocenters. The van der Waals surface area contributed by atoms with Gasteiger partial charge in [0.25, 0.3) is 0 Å². The molecule has 142 valence electrons. The molecule has 4 aliphatic carbocycles. The van der Waals surface area contributed by atoms with Crippen LogP contribution in [0.1, 0.15) is 50.8 Å². The van der Waals surface area contributed by atoms with E-state index in [0.717, 1.165) is 43.6 Å². The predicted molar refractivity (Wildman–Crippen MR) is 102 cm³/mol. The minimum absolute atomic E-state index is 0.0497. The van der Waals surface area contributed by atoms with Crippen molar-refractivity contribution < 1.29 is 4.79 Å². The van der Waals surface area contributed by atoms with Gasteiger partial charge in [0.15, 0.2) is 5.82 Å². The van der Waals surface area contributed by atoms with Crippen molar-refractivity contribution in [2.24, 2.45) is 17.3 Å². The van der Waals surface area contributed by atoms with Crippen LogP contribution in [0.4, 0.5) is 5.69 Å². The fraction of sp³-hybridized carbons (Fsp3) is 0.600. The van der Waals surface area contributed by atoms with Crippen LogP contribution >= 0.6 is 11.6 Å². The number of tetrazole rings is 1. The molecular weight excluding hydrogens is 362 g/mol. The number of aryl methyl sites for hydroxylation is 1. The van der Waals surface area contributed by atoms with Crippen LogP contribution in [-0.4, -0.2) is 26.1 Å². The SMILES string of the molecule is Cc1nnn(C23C[C@H]4C[C@@H](CC(CC(=O)Nc5ccc(Cl)cc5)(C4)C2)C3)n1. The van der Waals surface area contributed by atoms with Gasteiger partial charge in [-0.15, -0.1) is 10.2 Å². The highest BCUT2D eigenvalue weighted by atomic mass is 35.5.